The molecule has 12 nitrogen and oxygen atoms in total. The number of aromatic nitrogens is 2. The lowest BCUT2D eigenvalue weighted by Gasteiger charge is -2.27. The Bertz CT molecular complexity index is 2100. The first-order valence-corrected chi connectivity index (χ1v) is 21.0. The molecule has 3 aliphatic carbocycles. The highest BCUT2D eigenvalue weighted by Gasteiger charge is 2.63. The van der Waals surface area contributed by atoms with Crippen LogP contribution >= 0.6 is 22.9 Å². The highest BCUT2D eigenvalue weighted by molar-refractivity contribution is 7.91. The van der Waals surface area contributed by atoms with E-state index in [-0.39, 0.29) is 37.0 Å². The molecule has 3 aromatic rings. The zero-order valence-corrected chi connectivity index (χ0v) is 33.0. The van der Waals surface area contributed by atoms with E-state index in [1.54, 1.807) is 24.9 Å². The number of methoxy groups -OCH3 is 1. The molecule has 0 spiro atoms. The van der Waals surface area contributed by atoms with E-state index < -0.39 is 50.1 Å². The molecule has 1 aliphatic heterocycles. The molecule has 15 heteroatoms. The number of sulfonamides is 1. The van der Waals surface area contributed by atoms with Gasteiger partial charge in [-0.25, -0.2) is 18.4 Å². The van der Waals surface area contributed by atoms with Crippen molar-refractivity contribution in [1.82, 2.24) is 24.9 Å². The number of ether oxygens (including phenoxy) is 2. The number of thiazole rings is 1. The average molecular weight is 784 g/mol. The summed E-state index contributed by atoms with van der Waals surface area (Å²) in [5, 5.41) is 6.62. The van der Waals surface area contributed by atoms with Gasteiger partial charge in [0.05, 0.1) is 34.9 Å². The van der Waals surface area contributed by atoms with Crippen LogP contribution in [0.3, 0.4) is 0 Å². The van der Waals surface area contributed by atoms with Crippen LogP contribution in [0.1, 0.15) is 83.7 Å². The molecular weight excluding hydrogens is 738 g/mol. The number of carbonyl (C=O) groups is 3. The lowest BCUT2D eigenvalue weighted by molar-refractivity contribution is -0.140. The number of hydrogen-bond acceptors (Lipinski definition) is 10. The third kappa shape index (κ3) is 7.14. The van der Waals surface area contributed by atoms with Crippen LogP contribution in [0.15, 0.2) is 35.7 Å². The van der Waals surface area contributed by atoms with Gasteiger partial charge in [-0.1, -0.05) is 37.6 Å². The van der Waals surface area contributed by atoms with Gasteiger partial charge >= 0.3 is 0 Å². The molecule has 0 saturated heterocycles. The van der Waals surface area contributed by atoms with Crippen molar-refractivity contribution in [2.24, 2.45) is 17.8 Å². The van der Waals surface area contributed by atoms with Crippen LogP contribution in [-0.4, -0.2) is 78.1 Å². The molecule has 0 radical (unpaired) electrons. The van der Waals surface area contributed by atoms with Crippen LogP contribution in [0, 0.1) is 17.8 Å². The molecule has 284 valence electrons. The molecule has 2 aromatic heterocycles. The van der Waals surface area contributed by atoms with Gasteiger partial charge in [0.25, 0.3) is 5.91 Å². The maximum atomic E-state index is 14.3. The average Bonchev–Trinajstić information content (AvgIpc) is 3.89. The molecule has 3 amide bonds. The first-order chi connectivity index (χ1) is 25.2. The highest BCUT2D eigenvalue weighted by atomic mass is 35.5. The van der Waals surface area contributed by atoms with Crippen molar-refractivity contribution in [3.05, 3.63) is 46.4 Å². The van der Waals surface area contributed by atoms with Crippen LogP contribution in [0.2, 0.25) is 5.02 Å². The number of hydrogen-bond donors (Lipinski definition) is 2. The number of fused-ring (bicyclic) bond motifs is 3. The molecule has 3 fully saturated rings. The van der Waals surface area contributed by atoms with E-state index in [1.165, 1.54) is 18.4 Å². The van der Waals surface area contributed by atoms with E-state index in [2.05, 4.69) is 23.9 Å². The minimum Gasteiger partial charge on any atom is -0.495 e. The van der Waals surface area contributed by atoms with Crippen LogP contribution in [0.5, 0.6) is 11.5 Å². The molecular formula is C38H46ClN5O7S2. The number of nitrogens with one attached hydrogen (secondary N) is 2. The second kappa shape index (κ2) is 14.2. The van der Waals surface area contributed by atoms with Gasteiger partial charge in [0.1, 0.15) is 38.9 Å². The zero-order chi connectivity index (χ0) is 37.9. The van der Waals surface area contributed by atoms with Crippen molar-refractivity contribution >= 4 is 61.6 Å². The Morgan fingerprint density at radius 2 is 1.89 bits per heavy atom. The Balaban J connectivity index is 1.21. The van der Waals surface area contributed by atoms with Gasteiger partial charge in [0.2, 0.25) is 21.8 Å². The molecule has 3 heterocycles. The summed E-state index contributed by atoms with van der Waals surface area (Å²) in [4.78, 5) is 53.5. The summed E-state index contributed by atoms with van der Waals surface area (Å²) in [5.41, 5.74) is 0.556. The summed E-state index contributed by atoms with van der Waals surface area (Å²) < 4.78 is 39.7. The smallest absolute Gasteiger partial charge is 0.259 e. The summed E-state index contributed by atoms with van der Waals surface area (Å²) in [6.45, 7) is 6.30. The van der Waals surface area contributed by atoms with Gasteiger partial charge in [0, 0.05) is 36.3 Å². The summed E-state index contributed by atoms with van der Waals surface area (Å²) >= 11 is 8.27. The molecule has 5 atom stereocenters. The van der Waals surface area contributed by atoms with Crippen molar-refractivity contribution in [2.75, 3.05) is 20.7 Å². The number of carbonyl (C=O) groups excluding carboxylic acids is 3. The van der Waals surface area contributed by atoms with Crippen LogP contribution in [-0.2, 0) is 24.4 Å². The molecule has 5 unspecified atom stereocenters. The summed E-state index contributed by atoms with van der Waals surface area (Å²) in [7, 11) is -0.652. The monoisotopic (exact) mass is 783 g/mol. The number of pyridine rings is 1. The van der Waals surface area contributed by atoms with Gasteiger partial charge in [-0.2, -0.15) is 0 Å². The summed E-state index contributed by atoms with van der Waals surface area (Å²) in [5.74, 6) is -2.14. The van der Waals surface area contributed by atoms with Gasteiger partial charge in [0.15, 0.2) is 0 Å². The first kappa shape index (κ1) is 37.6. The second-order valence-electron chi connectivity index (χ2n) is 15.5. The van der Waals surface area contributed by atoms with E-state index in [9.17, 15) is 22.8 Å². The lowest BCUT2D eigenvalue weighted by atomic mass is 9.93. The normalized spacial score (nSPS) is 27.1. The minimum atomic E-state index is -3.94. The Hall–Kier alpha value is -3.75. The Morgan fingerprint density at radius 3 is 2.58 bits per heavy atom. The van der Waals surface area contributed by atoms with Crippen molar-refractivity contribution < 1.29 is 32.3 Å². The number of allylic oxidation sites excluding steroid dienone is 1. The fraction of sp³-hybridized carbons (Fsp3) is 0.553. The van der Waals surface area contributed by atoms with Crippen molar-refractivity contribution in [2.45, 2.75) is 94.4 Å². The molecule has 2 N–H and O–H groups in total. The Labute approximate surface area is 319 Å². The quantitative estimate of drug-likeness (QED) is 0.262. The van der Waals surface area contributed by atoms with E-state index in [0.717, 1.165) is 25.0 Å². The fourth-order valence-electron chi connectivity index (χ4n) is 7.41. The van der Waals surface area contributed by atoms with Crippen LogP contribution in [0.25, 0.3) is 21.6 Å². The number of halogens is 1. The van der Waals surface area contributed by atoms with Crippen molar-refractivity contribution in [1.29, 1.82) is 0 Å². The fourth-order valence-corrected chi connectivity index (χ4v) is 9.95. The second-order valence-corrected chi connectivity index (χ2v) is 18.9. The lowest BCUT2D eigenvalue weighted by Crippen LogP contribution is -2.55. The van der Waals surface area contributed by atoms with Gasteiger partial charge in [-0.05, 0) is 76.3 Å². The van der Waals surface area contributed by atoms with Crippen molar-refractivity contribution in [3.8, 4) is 22.2 Å². The standard InChI is InChI=1S/C38H46ClN5O7S2/c1-21(2)28-20-52-34(41-28)27-18-30(24-11-12-29(50-5)31(39)32(24)40-27)51-23-16-25-26(17-23)35(46)44(4)15-9-7-6-8-10-22-19-38(22,42-33(25)45)36(47)43-53(48,49)37(3)13-14-37/h8,10-12,18,20-23,25-26H,6-7,9,13-17,19H2,1-5H3,(H,42,45)(H,43,47). The SMILES string of the molecule is COc1ccc2c(OC3CC4C(=O)NC5(C(=O)NS(=O)(=O)C6(C)CC6)CC5C=CCCCCN(C)C(=O)C4C3)cc(-c3nc(C(C)C)cs3)nc2c1Cl. The maximum absolute atomic E-state index is 14.3. The highest BCUT2D eigenvalue weighted by Crippen LogP contribution is 2.49. The third-order valence-electron chi connectivity index (χ3n) is 11.3. The predicted octanol–water partition coefficient (Wildman–Crippen LogP) is 5.99. The molecule has 7 rings (SSSR count). The Kier molecular flexibility index (Phi) is 10.0. The van der Waals surface area contributed by atoms with E-state index in [0.29, 0.717) is 57.5 Å². The molecule has 1 aromatic carbocycles. The van der Waals surface area contributed by atoms with Gasteiger partial charge < -0.3 is 19.7 Å². The molecule has 4 aliphatic rings. The van der Waals surface area contributed by atoms with Crippen LogP contribution < -0.4 is 19.5 Å². The molecule has 53 heavy (non-hydrogen) atoms. The van der Waals surface area contributed by atoms with Gasteiger partial charge in [-0.3, -0.25) is 19.1 Å². The third-order valence-corrected chi connectivity index (χ3v) is 14.7. The van der Waals surface area contributed by atoms with E-state index in [4.69, 9.17) is 31.0 Å². The van der Waals surface area contributed by atoms with E-state index >= 15 is 0 Å². The zero-order valence-electron chi connectivity index (χ0n) is 30.6. The van der Waals surface area contributed by atoms with Gasteiger partial charge in [-0.15, -0.1) is 11.3 Å². The minimum absolute atomic E-state index is 0.170. The first-order valence-electron chi connectivity index (χ1n) is 18.3. The Morgan fingerprint density at radius 1 is 1.13 bits per heavy atom. The molecule has 0 bridgehead atoms. The number of nitrogens with zero attached hydrogens (tertiary/aromatic N) is 3. The summed E-state index contributed by atoms with van der Waals surface area (Å²) in [6.07, 6.45) is 7.33. The number of benzene rings is 1. The van der Waals surface area contributed by atoms with Crippen LogP contribution in [0.4, 0.5) is 0 Å². The molecule has 3 saturated carbocycles. The number of rotatable bonds is 8. The topological polar surface area (TPSA) is 157 Å². The largest absolute Gasteiger partial charge is 0.495 e. The predicted molar refractivity (Wildman–Crippen MR) is 203 cm³/mol. The number of amides is 3. The van der Waals surface area contributed by atoms with E-state index in [1.807, 2.05) is 29.7 Å². The maximum Gasteiger partial charge on any atom is 0.259 e. The summed E-state index contributed by atoms with van der Waals surface area (Å²) in [6, 6.07) is 5.39. The van der Waals surface area contributed by atoms with Crippen molar-refractivity contribution in [3.63, 3.8) is 0 Å².